The molecule has 0 aromatic heterocycles. The number of fused-ring (bicyclic) bond motifs is 1. The van der Waals surface area contributed by atoms with E-state index < -0.39 is 39.6 Å². The van der Waals surface area contributed by atoms with Gasteiger partial charge in [0.1, 0.15) is 5.70 Å². The third-order valence-corrected chi connectivity index (χ3v) is 7.31. The average Bonchev–Trinajstić information content (AvgIpc) is 2.78. The second-order valence-electron chi connectivity index (χ2n) is 6.95. The summed E-state index contributed by atoms with van der Waals surface area (Å²) in [4.78, 5) is 26.1. The number of aliphatic hydroxyl groups is 1. The first-order valence-corrected chi connectivity index (χ1v) is 11.5. The van der Waals surface area contributed by atoms with Crippen LogP contribution in [0.2, 0.25) is 10.0 Å². The van der Waals surface area contributed by atoms with Crippen molar-refractivity contribution < 1.29 is 23.1 Å². The van der Waals surface area contributed by atoms with Crippen LogP contribution in [0.3, 0.4) is 0 Å². The first kappa shape index (κ1) is 22.1. The Morgan fingerprint density at radius 1 is 0.906 bits per heavy atom. The molecule has 1 aliphatic heterocycles. The second-order valence-corrected chi connectivity index (χ2v) is 9.62. The Labute approximate surface area is 194 Å². The molecule has 0 saturated carbocycles. The fourth-order valence-corrected chi connectivity index (χ4v) is 5.53. The molecule has 162 valence electrons. The van der Waals surface area contributed by atoms with Gasteiger partial charge in [0.2, 0.25) is 5.78 Å². The summed E-state index contributed by atoms with van der Waals surface area (Å²) in [6.07, 6.45) is 0. The molecule has 0 saturated heterocycles. The zero-order chi connectivity index (χ0) is 23.0. The van der Waals surface area contributed by atoms with Gasteiger partial charge in [-0.2, -0.15) is 0 Å². The minimum atomic E-state index is -4.34. The van der Waals surface area contributed by atoms with Crippen LogP contribution in [-0.2, 0) is 10.0 Å². The minimum absolute atomic E-state index is 0.0200. The molecule has 0 fully saturated rings. The zero-order valence-electron chi connectivity index (χ0n) is 16.3. The smallest absolute Gasteiger partial charge is 0.265 e. The Hall–Kier alpha value is -3.13. The van der Waals surface area contributed by atoms with Crippen LogP contribution >= 0.6 is 23.2 Å². The lowest BCUT2D eigenvalue weighted by molar-refractivity contribution is 0.0956. The number of hydrogen-bond donors (Lipinski definition) is 1. The molecule has 1 aliphatic rings. The maximum Gasteiger partial charge on any atom is 0.265 e. The highest BCUT2D eigenvalue weighted by molar-refractivity contribution is 7.89. The van der Waals surface area contributed by atoms with E-state index in [1.807, 2.05) is 0 Å². The van der Waals surface area contributed by atoms with E-state index in [2.05, 4.69) is 0 Å². The Bertz CT molecular complexity index is 1380. The van der Waals surface area contributed by atoms with Crippen molar-refractivity contribution in [2.24, 2.45) is 0 Å². The van der Waals surface area contributed by atoms with E-state index in [1.54, 1.807) is 18.2 Å². The molecule has 0 amide bonds. The number of rotatable bonds is 5. The molecule has 4 rings (SSSR count). The minimum Gasteiger partial charge on any atom is -0.505 e. The van der Waals surface area contributed by atoms with Crippen LogP contribution in [0.4, 0.5) is 0 Å². The fraction of sp³-hybridized carbons (Fsp3) is 0.0435. The normalized spacial score (nSPS) is 14.8. The Morgan fingerprint density at radius 3 is 2.25 bits per heavy atom. The molecule has 0 unspecified atom stereocenters. The fourth-order valence-electron chi connectivity index (χ4n) is 3.40. The Morgan fingerprint density at radius 2 is 1.56 bits per heavy atom. The van der Waals surface area contributed by atoms with Crippen LogP contribution in [0, 0.1) is 0 Å². The number of Topliss-reactive ketones (excluding diaryl/α,β-unsaturated/α-hetero) is 2. The molecule has 1 N–H and O–H groups in total. The molecule has 1 heterocycles. The van der Waals surface area contributed by atoms with E-state index in [-0.39, 0.29) is 31.6 Å². The van der Waals surface area contributed by atoms with Gasteiger partial charge < -0.3 is 5.11 Å². The van der Waals surface area contributed by atoms with Gasteiger partial charge >= 0.3 is 0 Å². The van der Waals surface area contributed by atoms with Crippen LogP contribution < -0.4 is 0 Å². The summed E-state index contributed by atoms with van der Waals surface area (Å²) in [6, 6.07) is 17.9. The number of halogens is 2. The standard InChI is InChI=1S/C23H15Cl2NO5S/c24-15-10-11-16(18(25)12-15)22(28)21-23(29)17-8-4-5-9-20(17)32(30,31)26(21)13-19(27)14-6-2-1-3-7-14/h1-12,29H,13H2. The van der Waals surface area contributed by atoms with Crippen molar-refractivity contribution >= 4 is 50.6 Å². The number of benzene rings is 3. The summed E-state index contributed by atoms with van der Waals surface area (Å²) < 4.78 is 27.5. The SMILES string of the molecule is O=C(CN1C(C(=O)c2ccc(Cl)cc2Cl)=C(O)c2ccccc2S1(=O)=O)c1ccccc1. The summed E-state index contributed by atoms with van der Waals surface area (Å²) in [5.41, 5.74) is -0.400. The van der Waals surface area contributed by atoms with Gasteiger partial charge in [-0.3, -0.25) is 13.9 Å². The number of sulfonamides is 1. The van der Waals surface area contributed by atoms with E-state index in [9.17, 15) is 23.1 Å². The number of carbonyl (C=O) groups excluding carboxylic acids is 2. The number of hydrogen-bond acceptors (Lipinski definition) is 5. The third-order valence-electron chi connectivity index (χ3n) is 4.96. The predicted octanol–water partition coefficient (Wildman–Crippen LogP) is 4.99. The second kappa shape index (κ2) is 8.43. The largest absolute Gasteiger partial charge is 0.505 e. The summed E-state index contributed by atoms with van der Waals surface area (Å²) in [6.45, 7) is -0.684. The maximum absolute atomic E-state index is 13.4. The van der Waals surface area contributed by atoms with Crippen molar-refractivity contribution in [1.82, 2.24) is 4.31 Å². The highest BCUT2D eigenvalue weighted by atomic mass is 35.5. The van der Waals surface area contributed by atoms with Crippen molar-refractivity contribution in [3.63, 3.8) is 0 Å². The van der Waals surface area contributed by atoms with Crippen LogP contribution in [0.1, 0.15) is 26.3 Å². The van der Waals surface area contributed by atoms with E-state index in [0.29, 0.717) is 4.31 Å². The van der Waals surface area contributed by atoms with E-state index in [4.69, 9.17) is 23.2 Å². The molecular formula is C23H15Cl2NO5S. The lowest BCUT2D eigenvalue weighted by Gasteiger charge is -2.31. The summed E-state index contributed by atoms with van der Waals surface area (Å²) >= 11 is 12.1. The van der Waals surface area contributed by atoms with Crippen molar-refractivity contribution in [3.8, 4) is 0 Å². The summed E-state index contributed by atoms with van der Waals surface area (Å²) in [5.74, 6) is -1.97. The number of carbonyl (C=O) groups is 2. The molecule has 0 bridgehead atoms. The molecular weight excluding hydrogens is 473 g/mol. The predicted molar refractivity (Wildman–Crippen MR) is 121 cm³/mol. The highest BCUT2D eigenvalue weighted by Gasteiger charge is 2.41. The molecule has 32 heavy (non-hydrogen) atoms. The lowest BCUT2D eigenvalue weighted by Crippen LogP contribution is -2.41. The van der Waals surface area contributed by atoms with Gasteiger partial charge in [-0.05, 0) is 30.3 Å². The molecule has 6 nitrogen and oxygen atoms in total. The summed E-state index contributed by atoms with van der Waals surface area (Å²) in [5, 5.41) is 11.2. The highest BCUT2D eigenvalue weighted by Crippen LogP contribution is 2.38. The van der Waals surface area contributed by atoms with E-state index in [0.717, 1.165) is 0 Å². The average molecular weight is 488 g/mol. The van der Waals surface area contributed by atoms with Crippen molar-refractivity contribution in [3.05, 3.63) is 105 Å². The van der Waals surface area contributed by atoms with Crippen LogP contribution in [0.15, 0.2) is 83.4 Å². The zero-order valence-corrected chi connectivity index (χ0v) is 18.7. The van der Waals surface area contributed by atoms with Crippen molar-refractivity contribution in [1.29, 1.82) is 0 Å². The topological polar surface area (TPSA) is 91.8 Å². The molecule has 0 aliphatic carbocycles. The number of aliphatic hydroxyl groups excluding tert-OH is 1. The van der Waals surface area contributed by atoms with Crippen LogP contribution in [0.25, 0.3) is 5.76 Å². The van der Waals surface area contributed by atoms with Crippen molar-refractivity contribution in [2.75, 3.05) is 6.54 Å². The van der Waals surface area contributed by atoms with Gasteiger partial charge in [0.05, 0.1) is 16.5 Å². The number of nitrogens with zero attached hydrogens (tertiary/aromatic N) is 1. The first-order chi connectivity index (χ1) is 15.2. The molecule has 3 aromatic rings. The van der Waals surface area contributed by atoms with Crippen LogP contribution in [0.5, 0.6) is 0 Å². The maximum atomic E-state index is 13.4. The molecule has 0 atom stereocenters. The van der Waals surface area contributed by atoms with Gasteiger partial charge in [-0.15, -0.1) is 0 Å². The van der Waals surface area contributed by atoms with E-state index in [1.165, 1.54) is 54.6 Å². The number of ketones is 2. The first-order valence-electron chi connectivity index (χ1n) is 9.35. The van der Waals surface area contributed by atoms with Gasteiger partial charge in [0, 0.05) is 21.7 Å². The van der Waals surface area contributed by atoms with E-state index >= 15 is 0 Å². The van der Waals surface area contributed by atoms with Gasteiger partial charge in [-0.25, -0.2) is 8.42 Å². The molecule has 0 spiro atoms. The monoisotopic (exact) mass is 487 g/mol. The molecule has 9 heteroatoms. The Kier molecular flexibility index (Phi) is 5.81. The third kappa shape index (κ3) is 3.79. The number of allylic oxidation sites excluding steroid dienone is 1. The Balaban J connectivity index is 1.90. The van der Waals surface area contributed by atoms with Gasteiger partial charge in [0.25, 0.3) is 10.0 Å². The van der Waals surface area contributed by atoms with Crippen LogP contribution in [-0.4, -0.2) is 35.9 Å². The van der Waals surface area contributed by atoms with Crippen molar-refractivity contribution in [2.45, 2.75) is 4.90 Å². The van der Waals surface area contributed by atoms with Gasteiger partial charge in [0.15, 0.2) is 11.5 Å². The van der Waals surface area contributed by atoms with Gasteiger partial charge in [-0.1, -0.05) is 65.7 Å². The quantitative estimate of drug-likeness (QED) is 0.511. The lowest BCUT2D eigenvalue weighted by atomic mass is 10.0. The molecule has 3 aromatic carbocycles. The summed E-state index contributed by atoms with van der Waals surface area (Å²) in [7, 11) is -4.34. The molecule has 0 radical (unpaired) electrons.